The second-order valence-corrected chi connectivity index (χ2v) is 6.50. The van der Waals surface area contributed by atoms with Crippen LogP contribution in [0.2, 0.25) is 0 Å². The fraction of sp³-hybridized carbons (Fsp3) is 1.00. The predicted molar refractivity (Wildman–Crippen MR) is 80.6 cm³/mol. The number of hydrogen-bond donors (Lipinski definition) is 1. The van der Waals surface area contributed by atoms with E-state index in [-0.39, 0.29) is 6.10 Å². The highest BCUT2D eigenvalue weighted by Crippen LogP contribution is 2.21. The number of rotatable bonds is 3. The third-order valence-electron chi connectivity index (χ3n) is 4.65. The van der Waals surface area contributed by atoms with E-state index in [4.69, 9.17) is 9.47 Å². The second-order valence-electron chi connectivity index (χ2n) is 6.50. The van der Waals surface area contributed by atoms with Gasteiger partial charge in [0.1, 0.15) is 0 Å². The molecule has 0 radical (unpaired) electrons. The molecule has 2 atom stereocenters. The zero-order valence-electron chi connectivity index (χ0n) is 12.9. The molecule has 2 rings (SSSR count). The molecule has 20 heavy (non-hydrogen) atoms. The first-order valence-corrected chi connectivity index (χ1v) is 8.80. The normalized spacial score (nSPS) is 31.6. The number of hydrogen-bond acceptors (Lipinski definition) is 3. The molecule has 1 saturated carbocycles. The summed E-state index contributed by atoms with van der Waals surface area (Å²) in [5, 5.41) is 9.52. The highest BCUT2D eigenvalue weighted by molar-refractivity contribution is 4.67. The summed E-state index contributed by atoms with van der Waals surface area (Å²) in [6.45, 7) is 0.668. The van der Waals surface area contributed by atoms with Crippen molar-refractivity contribution in [3.63, 3.8) is 0 Å². The van der Waals surface area contributed by atoms with Gasteiger partial charge < -0.3 is 14.6 Å². The van der Waals surface area contributed by atoms with Crippen molar-refractivity contribution in [1.82, 2.24) is 0 Å². The fourth-order valence-electron chi connectivity index (χ4n) is 3.36. The van der Waals surface area contributed by atoms with Crippen LogP contribution in [-0.2, 0) is 9.47 Å². The Balaban J connectivity index is 1.67. The van der Waals surface area contributed by atoms with E-state index >= 15 is 0 Å². The maximum atomic E-state index is 9.52. The molecule has 0 aromatic rings. The third kappa shape index (κ3) is 6.55. The Kier molecular flexibility index (Phi) is 7.92. The average molecular weight is 284 g/mol. The summed E-state index contributed by atoms with van der Waals surface area (Å²) in [7, 11) is 0. The molecule has 1 heterocycles. The summed E-state index contributed by atoms with van der Waals surface area (Å²) in [6, 6.07) is 0. The van der Waals surface area contributed by atoms with Gasteiger partial charge in [-0.1, -0.05) is 51.4 Å². The van der Waals surface area contributed by atoms with Gasteiger partial charge in [-0.2, -0.15) is 0 Å². The quantitative estimate of drug-likeness (QED) is 0.845. The summed E-state index contributed by atoms with van der Waals surface area (Å²) < 4.78 is 11.6. The van der Waals surface area contributed by atoms with Crippen molar-refractivity contribution in [3.8, 4) is 0 Å². The molecule has 1 N–H and O–H groups in total. The second kappa shape index (κ2) is 9.75. The number of ether oxygens (including phenoxy) is 2. The van der Waals surface area contributed by atoms with Crippen LogP contribution in [0.1, 0.15) is 83.5 Å². The van der Waals surface area contributed by atoms with E-state index in [0.717, 1.165) is 19.3 Å². The van der Waals surface area contributed by atoms with Gasteiger partial charge in [0, 0.05) is 0 Å². The van der Waals surface area contributed by atoms with Crippen LogP contribution in [0.4, 0.5) is 0 Å². The highest BCUT2D eigenvalue weighted by atomic mass is 16.6. The minimum absolute atomic E-state index is 0.108. The van der Waals surface area contributed by atoms with Gasteiger partial charge >= 0.3 is 0 Å². The molecule has 2 fully saturated rings. The van der Waals surface area contributed by atoms with Gasteiger partial charge in [0.05, 0.1) is 18.8 Å². The Bertz CT molecular complexity index is 232. The van der Waals surface area contributed by atoms with Crippen LogP contribution in [0.15, 0.2) is 0 Å². The molecule has 0 aromatic carbocycles. The predicted octanol–water partition coefficient (Wildman–Crippen LogP) is 4.17. The topological polar surface area (TPSA) is 38.7 Å². The van der Waals surface area contributed by atoms with Gasteiger partial charge in [-0.25, -0.2) is 0 Å². The number of aliphatic hydroxyl groups excluding tert-OH is 1. The van der Waals surface area contributed by atoms with Crippen molar-refractivity contribution < 1.29 is 14.6 Å². The average Bonchev–Trinajstić information content (AvgIpc) is 2.51. The molecule has 0 spiro atoms. The van der Waals surface area contributed by atoms with Gasteiger partial charge in [0.2, 0.25) is 0 Å². The molecule has 0 amide bonds. The molecular formula is C17H32O3. The fourth-order valence-corrected chi connectivity index (χ4v) is 3.36. The first kappa shape index (κ1) is 16.3. The molecule has 3 heteroatoms. The molecular weight excluding hydrogens is 252 g/mol. The lowest BCUT2D eigenvalue weighted by atomic mass is 10.0. The van der Waals surface area contributed by atoms with E-state index in [1.54, 1.807) is 0 Å². The Labute approximate surface area is 124 Å². The Morgan fingerprint density at radius 3 is 1.95 bits per heavy atom. The van der Waals surface area contributed by atoms with Crippen molar-refractivity contribution in [2.75, 3.05) is 6.61 Å². The van der Waals surface area contributed by atoms with E-state index in [9.17, 15) is 5.11 Å². The van der Waals surface area contributed by atoms with E-state index in [1.807, 2.05) is 0 Å². The van der Waals surface area contributed by atoms with E-state index < -0.39 is 6.29 Å². The standard InChI is InChI=1S/C17H32O3/c18-17-13-9-12-16(20-17)14-19-15-10-7-5-3-1-2-4-6-8-11-15/h15-18H,1-14H2. The maximum absolute atomic E-state index is 9.52. The molecule has 0 aromatic heterocycles. The van der Waals surface area contributed by atoms with Gasteiger partial charge in [-0.3, -0.25) is 0 Å². The van der Waals surface area contributed by atoms with Crippen molar-refractivity contribution in [2.45, 2.75) is 102 Å². The number of aliphatic hydroxyl groups is 1. The van der Waals surface area contributed by atoms with Gasteiger partial charge in [0.15, 0.2) is 6.29 Å². The van der Waals surface area contributed by atoms with E-state index in [1.165, 1.54) is 64.2 Å². The van der Waals surface area contributed by atoms with Gasteiger partial charge in [-0.05, 0) is 32.1 Å². The Hall–Kier alpha value is -0.120. The molecule has 118 valence electrons. The SMILES string of the molecule is OC1CCCC(COC2CCCCCCCCCC2)O1. The molecule has 0 bridgehead atoms. The monoisotopic (exact) mass is 284 g/mol. The van der Waals surface area contributed by atoms with Crippen LogP contribution in [-0.4, -0.2) is 30.2 Å². The largest absolute Gasteiger partial charge is 0.376 e. The lowest BCUT2D eigenvalue weighted by Gasteiger charge is -2.28. The minimum atomic E-state index is -0.565. The smallest absolute Gasteiger partial charge is 0.155 e. The Morgan fingerprint density at radius 2 is 1.35 bits per heavy atom. The van der Waals surface area contributed by atoms with Gasteiger partial charge in [0.25, 0.3) is 0 Å². The summed E-state index contributed by atoms with van der Waals surface area (Å²) >= 11 is 0. The van der Waals surface area contributed by atoms with Crippen LogP contribution in [0.5, 0.6) is 0 Å². The molecule has 1 aliphatic carbocycles. The molecule has 2 aliphatic rings. The zero-order chi connectivity index (χ0) is 14.0. The summed E-state index contributed by atoms with van der Waals surface area (Å²) in [5.74, 6) is 0. The maximum Gasteiger partial charge on any atom is 0.155 e. The summed E-state index contributed by atoms with van der Waals surface area (Å²) in [5.41, 5.74) is 0. The zero-order valence-corrected chi connectivity index (χ0v) is 12.9. The van der Waals surface area contributed by atoms with Crippen molar-refractivity contribution in [2.24, 2.45) is 0 Å². The lowest BCUT2D eigenvalue weighted by molar-refractivity contribution is -0.182. The molecule has 1 saturated heterocycles. The van der Waals surface area contributed by atoms with Gasteiger partial charge in [-0.15, -0.1) is 0 Å². The van der Waals surface area contributed by atoms with Crippen molar-refractivity contribution >= 4 is 0 Å². The lowest BCUT2D eigenvalue weighted by Crippen LogP contribution is -2.32. The first-order chi connectivity index (χ1) is 9.84. The summed E-state index contributed by atoms with van der Waals surface area (Å²) in [4.78, 5) is 0. The first-order valence-electron chi connectivity index (χ1n) is 8.80. The van der Waals surface area contributed by atoms with E-state index in [2.05, 4.69) is 0 Å². The van der Waals surface area contributed by atoms with Crippen LogP contribution >= 0.6 is 0 Å². The molecule has 3 nitrogen and oxygen atoms in total. The van der Waals surface area contributed by atoms with Crippen LogP contribution in [0.25, 0.3) is 0 Å². The highest BCUT2D eigenvalue weighted by Gasteiger charge is 2.22. The summed E-state index contributed by atoms with van der Waals surface area (Å²) in [6.07, 6.45) is 16.2. The van der Waals surface area contributed by atoms with Crippen molar-refractivity contribution in [3.05, 3.63) is 0 Å². The minimum Gasteiger partial charge on any atom is -0.376 e. The molecule has 2 unspecified atom stereocenters. The van der Waals surface area contributed by atoms with E-state index in [0.29, 0.717) is 12.7 Å². The van der Waals surface area contributed by atoms with Crippen molar-refractivity contribution in [1.29, 1.82) is 0 Å². The van der Waals surface area contributed by atoms with Crippen LogP contribution in [0, 0.1) is 0 Å². The molecule has 1 aliphatic heterocycles. The Morgan fingerprint density at radius 1 is 0.750 bits per heavy atom. The van der Waals surface area contributed by atoms with Crippen LogP contribution < -0.4 is 0 Å². The van der Waals surface area contributed by atoms with Crippen LogP contribution in [0.3, 0.4) is 0 Å². The third-order valence-corrected chi connectivity index (χ3v) is 4.65.